The molecule has 1 heterocycles. The first-order valence-electron chi connectivity index (χ1n) is 10.2. The maximum absolute atomic E-state index is 6.98. The Balaban J connectivity index is 3.29. The molecule has 0 aliphatic carbocycles. The van der Waals surface area contributed by atoms with Crippen molar-refractivity contribution >= 4 is 23.1 Å². The van der Waals surface area contributed by atoms with Crippen molar-refractivity contribution in [3.05, 3.63) is 0 Å². The third-order valence-electron chi connectivity index (χ3n) is 4.28. The Morgan fingerprint density at radius 1 is 0.375 bits per heavy atom. The van der Waals surface area contributed by atoms with Gasteiger partial charge in [-0.2, -0.15) is 0 Å². The molecule has 1 aliphatic rings. The molecular weight excluding hydrogens is 357 g/mol. The summed E-state index contributed by atoms with van der Waals surface area (Å²) in [6.07, 6.45) is 13.7. The molecule has 3 nitrogen and oxygen atoms in total. The molecule has 0 aromatic carbocycles. The van der Waals surface area contributed by atoms with E-state index >= 15 is 0 Å². The van der Waals surface area contributed by atoms with Crippen LogP contribution in [0.4, 0.5) is 0 Å². The van der Waals surface area contributed by atoms with Crippen LogP contribution in [-0.2, 0) is 12.9 Å². The maximum Gasteiger partial charge on any atom is 0.378 e. The molecule has 6 heteroatoms. The summed E-state index contributed by atoms with van der Waals surface area (Å²) in [6, 6.07) is 0. The Labute approximate surface area is 153 Å². The summed E-state index contributed by atoms with van der Waals surface area (Å²) in [6.45, 7) is 13.7. The zero-order chi connectivity index (χ0) is 18.1. The Morgan fingerprint density at radius 3 is 0.667 bits per heavy atom. The molecule has 1 aliphatic heterocycles. The van der Waals surface area contributed by atoms with Gasteiger partial charge in [-0.25, -0.2) is 0 Å². The van der Waals surface area contributed by atoms with Gasteiger partial charge in [0.25, 0.3) is 0 Å². The minimum Gasteiger partial charge on any atom is -0.0617 e. The van der Waals surface area contributed by atoms with Gasteiger partial charge in [0.1, 0.15) is 37.0 Å². The lowest BCUT2D eigenvalue weighted by Crippen LogP contribution is -2.25. The largest absolute Gasteiger partial charge is 0.378 e. The molecule has 1 saturated heterocycles. The van der Waals surface area contributed by atoms with Gasteiger partial charge in [0, 0.05) is 0 Å². The van der Waals surface area contributed by atoms with Gasteiger partial charge in [-0.1, -0.05) is 41.5 Å². The van der Waals surface area contributed by atoms with Gasteiger partial charge < -0.3 is 0 Å². The molecule has 144 valence electrons. The molecule has 0 atom stereocenters. The second kappa shape index (κ2) is 11.1. The van der Waals surface area contributed by atoms with Gasteiger partial charge in [-0.3, -0.25) is 0 Å². The summed E-state index contributed by atoms with van der Waals surface area (Å²) < 4.78 is 20.9. The lowest BCUT2D eigenvalue weighted by Gasteiger charge is -2.36. The number of rotatable bonds is 12. The Bertz CT molecular complexity index is 270. The quantitative estimate of drug-likeness (QED) is 0.311. The summed E-state index contributed by atoms with van der Waals surface area (Å²) in [5.74, 6) is 0. The molecule has 0 saturated carbocycles. The smallest absolute Gasteiger partial charge is 0.0617 e. The highest BCUT2D eigenvalue weighted by Crippen LogP contribution is 2.94. The Hall–Kier alpha value is 1.17. The van der Waals surface area contributed by atoms with Crippen molar-refractivity contribution in [2.75, 3.05) is 37.0 Å². The van der Waals surface area contributed by atoms with Crippen LogP contribution in [0.3, 0.4) is 0 Å². The first-order chi connectivity index (χ1) is 11.5. The molecular formula is C18H42O3P3+3. The Morgan fingerprint density at radius 2 is 0.542 bits per heavy atom. The van der Waals surface area contributed by atoms with Crippen LogP contribution >= 0.6 is 23.1 Å². The highest BCUT2D eigenvalue weighted by Gasteiger charge is 2.75. The van der Waals surface area contributed by atoms with Crippen molar-refractivity contribution in [2.24, 2.45) is 0 Å². The predicted octanol–water partition coefficient (Wildman–Crippen LogP) is 8.05. The molecule has 0 aromatic rings. The van der Waals surface area contributed by atoms with Gasteiger partial charge in [-0.05, 0) is 51.5 Å². The van der Waals surface area contributed by atoms with E-state index in [0.29, 0.717) is 0 Å². The van der Waals surface area contributed by atoms with Gasteiger partial charge >= 0.3 is 23.1 Å². The van der Waals surface area contributed by atoms with E-state index in [9.17, 15) is 0 Å². The van der Waals surface area contributed by atoms with E-state index in [2.05, 4.69) is 41.5 Å². The van der Waals surface area contributed by atoms with E-state index in [1.54, 1.807) is 0 Å². The highest BCUT2D eigenvalue weighted by molar-refractivity contribution is 7.91. The lowest BCUT2D eigenvalue weighted by atomic mass is 10.6. The van der Waals surface area contributed by atoms with Gasteiger partial charge in [0.05, 0.1) is 0 Å². The van der Waals surface area contributed by atoms with Crippen LogP contribution in [0.2, 0.25) is 0 Å². The molecule has 0 unspecified atom stereocenters. The van der Waals surface area contributed by atoms with Crippen LogP contribution in [-0.4, -0.2) is 37.0 Å². The van der Waals surface area contributed by atoms with E-state index in [1.165, 1.54) is 0 Å². The Kier molecular flexibility index (Phi) is 10.7. The average Bonchev–Trinajstić information content (AvgIpc) is 2.48. The topological polar surface area (TPSA) is 27.7 Å². The number of hydrogen-bond acceptors (Lipinski definition) is 3. The zero-order valence-electron chi connectivity index (χ0n) is 17.1. The molecule has 1 fully saturated rings. The molecule has 0 spiro atoms. The monoisotopic (exact) mass is 399 g/mol. The van der Waals surface area contributed by atoms with E-state index in [0.717, 1.165) is 75.5 Å². The van der Waals surface area contributed by atoms with Gasteiger partial charge in [0.15, 0.2) is 0 Å². The molecule has 0 bridgehead atoms. The van der Waals surface area contributed by atoms with Crippen LogP contribution in [0.15, 0.2) is 0 Å². The average molecular weight is 399 g/mol. The van der Waals surface area contributed by atoms with Crippen LogP contribution in [0.5, 0.6) is 0 Å². The SMILES string of the molecule is CCC[P+]1(CCC)O[P+](CCC)(CCC)O[P+](CCC)(CCC)O1. The first kappa shape index (κ1) is 23.2. The van der Waals surface area contributed by atoms with E-state index in [-0.39, 0.29) is 0 Å². The third kappa shape index (κ3) is 6.11. The summed E-state index contributed by atoms with van der Waals surface area (Å²) in [7, 11) is -5.34. The van der Waals surface area contributed by atoms with Crippen LogP contribution in [0.1, 0.15) is 80.1 Å². The van der Waals surface area contributed by atoms with Crippen LogP contribution < -0.4 is 0 Å². The predicted molar refractivity (Wildman–Crippen MR) is 115 cm³/mol. The molecule has 0 N–H and O–H groups in total. The van der Waals surface area contributed by atoms with Crippen molar-refractivity contribution in [3.63, 3.8) is 0 Å². The number of hydrogen-bond donors (Lipinski definition) is 0. The normalized spacial score (nSPS) is 21.8. The molecule has 0 radical (unpaired) electrons. The minimum atomic E-state index is -1.78. The standard InChI is InChI=1S/C18H42O3P3/c1-7-13-22(14-8-2)19-23(15-9-3,16-10-4)21-24(20-22,17-11-5)18-12-6/h7-18H2,1-6H3/q+3. The molecule has 24 heavy (non-hydrogen) atoms. The van der Waals surface area contributed by atoms with Gasteiger partial charge in [0.2, 0.25) is 0 Å². The highest BCUT2D eigenvalue weighted by atomic mass is 31.3. The van der Waals surface area contributed by atoms with Crippen molar-refractivity contribution in [1.29, 1.82) is 0 Å². The van der Waals surface area contributed by atoms with E-state index in [1.807, 2.05) is 0 Å². The molecule has 0 amide bonds. The summed E-state index contributed by atoms with van der Waals surface area (Å²) in [5.41, 5.74) is 0. The van der Waals surface area contributed by atoms with Crippen molar-refractivity contribution in [3.8, 4) is 0 Å². The summed E-state index contributed by atoms with van der Waals surface area (Å²) in [5, 5.41) is 0. The fourth-order valence-corrected chi connectivity index (χ4v) is 20.1. The fourth-order valence-electron chi connectivity index (χ4n) is 3.73. The van der Waals surface area contributed by atoms with Crippen LogP contribution in [0.25, 0.3) is 0 Å². The summed E-state index contributed by atoms with van der Waals surface area (Å²) in [4.78, 5) is 0. The van der Waals surface area contributed by atoms with Crippen molar-refractivity contribution in [2.45, 2.75) is 80.1 Å². The molecule has 1 rings (SSSR count). The van der Waals surface area contributed by atoms with Crippen LogP contribution in [0, 0.1) is 0 Å². The van der Waals surface area contributed by atoms with Crippen molar-refractivity contribution < 1.29 is 12.9 Å². The van der Waals surface area contributed by atoms with Gasteiger partial charge in [-0.15, -0.1) is 0 Å². The zero-order valence-corrected chi connectivity index (χ0v) is 19.7. The van der Waals surface area contributed by atoms with E-state index in [4.69, 9.17) is 12.9 Å². The second-order valence-electron chi connectivity index (χ2n) is 7.03. The van der Waals surface area contributed by atoms with Crippen molar-refractivity contribution in [1.82, 2.24) is 0 Å². The third-order valence-corrected chi connectivity index (χ3v) is 18.2. The summed E-state index contributed by atoms with van der Waals surface area (Å²) >= 11 is 0. The minimum absolute atomic E-state index is 1.12. The lowest BCUT2D eigenvalue weighted by molar-refractivity contribution is 0.355. The first-order valence-corrected chi connectivity index (χ1v) is 16.2. The second-order valence-corrected chi connectivity index (χ2v) is 16.6. The fraction of sp³-hybridized carbons (Fsp3) is 1.00. The maximum atomic E-state index is 6.98. The molecule has 0 aromatic heterocycles. The van der Waals surface area contributed by atoms with E-state index < -0.39 is 23.1 Å².